The monoisotopic (exact) mass is 285 g/mol. The zero-order chi connectivity index (χ0) is 14.8. The molecule has 2 amide bonds. The van der Waals surface area contributed by atoms with Gasteiger partial charge in [0.2, 0.25) is 0 Å². The van der Waals surface area contributed by atoms with Crippen molar-refractivity contribution in [1.29, 1.82) is 0 Å². The first-order chi connectivity index (χ1) is 10.1. The maximum atomic E-state index is 11.7. The van der Waals surface area contributed by atoms with Crippen LogP contribution in [0.2, 0.25) is 0 Å². The topological polar surface area (TPSA) is 35.6 Å². The number of amides is 2. The second kappa shape index (κ2) is 5.90. The maximum Gasteiger partial charge on any atom is 0.317 e. The van der Waals surface area contributed by atoms with Crippen LogP contribution in [0.3, 0.4) is 0 Å². The number of likely N-dealkylation sites (tertiary alicyclic amines) is 1. The molecule has 1 aromatic rings. The second-order valence-electron chi connectivity index (χ2n) is 6.16. The first-order valence-electron chi connectivity index (χ1n) is 7.61. The summed E-state index contributed by atoms with van der Waals surface area (Å²) < 4.78 is 0. The Kier molecular flexibility index (Phi) is 3.97. The van der Waals surface area contributed by atoms with Gasteiger partial charge in [-0.15, -0.1) is 0 Å². The van der Waals surface area contributed by atoms with Crippen molar-refractivity contribution in [2.75, 3.05) is 26.7 Å². The molecule has 0 unspecified atom stereocenters. The van der Waals surface area contributed by atoms with Gasteiger partial charge in [-0.3, -0.25) is 4.90 Å². The van der Waals surface area contributed by atoms with Crippen LogP contribution in [-0.4, -0.2) is 54.6 Å². The molecule has 2 saturated heterocycles. The van der Waals surface area contributed by atoms with Gasteiger partial charge in [-0.1, -0.05) is 42.0 Å². The van der Waals surface area contributed by atoms with Gasteiger partial charge >= 0.3 is 6.03 Å². The smallest absolute Gasteiger partial charge is 0.317 e. The van der Waals surface area contributed by atoms with E-state index < -0.39 is 0 Å². The van der Waals surface area contributed by atoms with Crippen LogP contribution in [0.25, 0.3) is 6.08 Å². The summed E-state index contributed by atoms with van der Waals surface area (Å²) in [5.74, 6) is 0. The lowest BCUT2D eigenvalue weighted by Crippen LogP contribution is -2.50. The van der Waals surface area contributed by atoms with Gasteiger partial charge in [0.15, 0.2) is 0 Å². The van der Waals surface area contributed by atoms with Crippen molar-refractivity contribution >= 4 is 12.1 Å². The van der Waals surface area contributed by atoms with Crippen LogP contribution in [0, 0.1) is 0 Å². The molecule has 0 aromatic heterocycles. The molecular formula is C17H23N3O. The molecule has 0 saturated carbocycles. The minimum absolute atomic E-state index is 0.0726. The summed E-state index contributed by atoms with van der Waals surface area (Å²) in [4.78, 5) is 16.0. The fourth-order valence-corrected chi connectivity index (χ4v) is 3.40. The van der Waals surface area contributed by atoms with Crippen molar-refractivity contribution in [3.63, 3.8) is 0 Å². The first-order valence-corrected chi connectivity index (χ1v) is 7.61. The van der Waals surface area contributed by atoms with Crippen molar-refractivity contribution in [3.8, 4) is 0 Å². The Bertz CT molecular complexity index is 540. The van der Waals surface area contributed by atoms with E-state index in [1.807, 2.05) is 18.0 Å². The van der Waals surface area contributed by atoms with Crippen molar-refractivity contribution in [2.45, 2.75) is 25.4 Å². The molecule has 0 aliphatic carbocycles. The molecule has 3 rings (SSSR count). The number of rotatable bonds is 3. The highest BCUT2D eigenvalue weighted by Crippen LogP contribution is 2.22. The number of carbonyl (C=O) groups is 1. The average Bonchev–Trinajstić information content (AvgIpc) is 2.74. The Morgan fingerprint density at radius 1 is 1.38 bits per heavy atom. The van der Waals surface area contributed by atoms with Crippen molar-refractivity contribution < 1.29 is 4.79 Å². The summed E-state index contributed by atoms with van der Waals surface area (Å²) in [5.41, 5.74) is 2.61. The number of likely N-dealkylation sites (N-methyl/N-ethyl adjacent to an activating group) is 1. The number of carbonyl (C=O) groups excluding carboxylic acids is 1. The summed E-state index contributed by atoms with van der Waals surface area (Å²) in [6.07, 6.45) is 3.30. The predicted molar refractivity (Wildman–Crippen MR) is 85.0 cm³/mol. The van der Waals surface area contributed by atoms with Crippen molar-refractivity contribution in [3.05, 3.63) is 41.5 Å². The van der Waals surface area contributed by atoms with Crippen LogP contribution < -0.4 is 5.32 Å². The van der Waals surface area contributed by atoms with Gasteiger partial charge in [-0.2, -0.15) is 0 Å². The fraction of sp³-hybridized carbons (Fsp3) is 0.471. The normalized spacial score (nSPS) is 26.7. The van der Waals surface area contributed by atoms with Gasteiger partial charge in [0.1, 0.15) is 0 Å². The minimum atomic E-state index is 0.0726. The molecule has 2 aliphatic heterocycles. The highest BCUT2D eigenvalue weighted by Gasteiger charge is 2.40. The Balaban J connectivity index is 1.60. The van der Waals surface area contributed by atoms with E-state index in [2.05, 4.69) is 47.5 Å². The lowest BCUT2D eigenvalue weighted by Gasteiger charge is -2.35. The van der Waals surface area contributed by atoms with Crippen LogP contribution in [0.1, 0.15) is 18.9 Å². The number of nitrogens with zero attached hydrogens (tertiary/aromatic N) is 2. The highest BCUT2D eigenvalue weighted by molar-refractivity contribution is 5.77. The van der Waals surface area contributed by atoms with E-state index in [9.17, 15) is 4.79 Å². The van der Waals surface area contributed by atoms with E-state index in [4.69, 9.17) is 0 Å². The van der Waals surface area contributed by atoms with Crippen LogP contribution in [0.4, 0.5) is 4.79 Å². The van der Waals surface area contributed by atoms with E-state index in [0.717, 1.165) is 26.1 Å². The summed E-state index contributed by atoms with van der Waals surface area (Å²) in [6.45, 7) is 5.15. The van der Waals surface area contributed by atoms with E-state index in [-0.39, 0.29) is 12.1 Å². The molecule has 2 fully saturated rings. The van der Waals surface area contributed by atoms with E-state index >= 15 is 0 Å². The molecule has 2 aliphatic rings. The van der Waals surface area contributed by atoms with Gasteiger partial charge in [0.05, 0.1) is 12.1 Å². The van der Waals surface area contributed by atoms with Crippen LogP contribution in [0.5, 0.6) is 0 Å². The van der Waals surface area contributed by atoms with Gasteiger partial charge in [-0.25, -0.2) is 4.79 Å². The summed E-state index contributed by atoms with van der Waals surface area (Å²) in [6, 6.07) is 11.1. The van der Waals surface area contributed by atoms with Crippen LogP contribution in [0.15, 0.2) is 35.9 Å². The maximum absolute atomic E-state index is 11.7. The first kappa shape index (κ1) is 14.1. The molecule has 1 aromatic carbocycles. The molecule has 4 nitrogen and oxygen atoms in total. The molecule has 0 spiro atoms. The Hall–Kier alpha value is -1.81. The van der Waals surface area contributed by atoms with E-state index in [1.165, 1.54) is 11.1 Å². The number of piperidine rings is 1. The van der Waals surface area contributed by atoms with Crippen molar-refractivity contribution in [1.82, 2.24) is 15.1 Å². The molecule has 2 heterocycles. The predicted octanol–water partition coefficient (Wildman–Crippen LogP) is 2.19. The Morgan fingerprint density at radius 3 is 2.90 bits per heavy atom. The number of urea groups is 1. The minimum Gasteiger partial charge on any atom is -0.332 e. The third-order valence-electron chi connectivity index (χ3n) is 4.47. The molecule has 0 bridgehead atoms. The zero-order valence-electron chi connectivity index (χ0n) is 12.7. The molecule has 0 radical (unpaired) electrons. The third kappa shape index (κ3) is 3.10. The lowest BCUT2D eigenvalue weighted by atomic mass is 9.99. The molecule has 4 heteroatoms. The number of fused-ring (bicyclic) bond motifs is 1. The van der Waals surface area contributed by atoms with Gasteiger partial charge < -0.3 is 10.2 Å². The van der Waals surface area contributed by atoms with E-state index in [0.29, 0.717) is 6.04 Å². The van der Waals surface area contributed by atoms with Crippen molar-refractivity contribution in [2.24, 2.45) is 0 Å². The standard InChI is InChI=1S/C17H23N3O/c1-13(10-14-6-4-3-5-7-14)11-20-9-8-16-15(12-20)18-17(21)19(16)2/h3-7,10,15-16H,8-9,11-12H2,1-2H3,(H,18,21)/t15-,16+/m1/s1. The van der Waals surface area contributed by atoms with E-state index in [1.54, 1.807) is 0 Å². The molecular weight excluding hydrogens is 262 g/mol. The van der Waals surface area contributed by atoms with Crippen LogP contribution >= 0.6 is 0 Å². The summed E-state index contributed by atoms with van der Waals surface area (Å²) in [7, 11) is 1.90. The number of benzene rings is 1. The molecule has 1 N–H and O–H groups in total. The quantitative estimate of drug-likeness (QED) is 0.924. The largest absolute Gasteiger partial charge is 0.332 e. The fourth-order valence-electron chi connectivity index (χ4n) is 3.40. The third-order valence-corrected chi connectivity index (χ3v) is 4.47. The van der Waals surface area contributed by atoms with Gasteiger partial charge in [-0.05, 0) is 18.9 Å². The summed E-state index contributed by atoms with van der Waals surface area (Å²) >= 11 is 0. The molecule has 112 valence electrons. The number of nitrogens with one attached hydrogen (secondary N) is 1. The van der Waals surface area contributed by atoms with Gasteiger partial charge in [0.25, 0.3) is 0 Å². The Morgan fingerprint density at radius 2 is 2.14 bits per heavy atom. The molecule has 21 heavy (non-hydrogen) atoms. The van der Waals surface area contributed by atoms with Crippen LogP contribution in [-0.2, 0) is 0 Å². The zero-order valence-corrected chi connectivity index (χ0v) is 12.7. The SMILES string of the molecule is CC(=Cc1ccccc1)CN1CC[C@H]2[C@@H](C1)NC(=O)N2C. The molecule has 2 atom stereocenters. The average molecular weight is 285 g/mol. The second-order valence-corrected chi connectivity index (χ2v) is 6.16. The number of hydrogen-bond donors (Lipinski definition) is 1. The lowest BCUT2D eigenvalue weighted by molar-refractivity contribution is 0.161. The summed E-state index contributed by atoms with van der Waals surface area (Å²) in [5, 5.41) is 3.08. The highest BCUT2D eigenvalue weighted by atomic mass is 16.2. The van der Waals surface area contributed by atoms with Gasteiger partial charge in [0, 0.05) is 26.7 Å². The Labute approximate surface area is 126 Å². The number of hydrogen-bond acceptors (Lipinski definition) is 2.